The standard InChI is InChI=1S/C22H26N4OS/c1-4-17-11-16(2)12-19(13-17)27-10-9-26-15-18(14-24-25-22(28)23-3)20-7-5-6-8-21(20)26/h5-8,11-15H,4,9-10H2,1-3H3,(H2,23,25,28). The van der Waals surface area contributed by atoms with Crippen LogP contribution in [0.1, 0.15) is 23.6 Å². The number of fused-ring (bicyclic) bond motifs is 1. The van der Waals surface area contributed by atoms with E-state index in [1.54, 1.807) is 13.3 Å². The Balaban J connectivity index is 1.73. The molecule has 2 N–H and O–H groups in total. The third kappa shape index (κ3) is 4.89. The van der Waals surface area contributed by atoms with Crippen molar-refractivity contribution in [1.29, 1.82) is 0 Å². The summed E-state index contributed by atoms with van der Waals surface area (Å²) in [6.07, 6.45) is 4.89. The van der Waals surface area contributed by atoms with Gasteiger partial charge in [0.1, 0.15) is 12.4 Å². The molecule has 0 unspecified atom stereocenters. The Morgan fingerprint density at radius 3 is 2.86 bits per heavy atom. The first-order valence-corrected chi connectivity index (χ1v) is 9.83. The van der Waals surface area contributed by atoms with Crippen molar-refractivity contribution in [3.8, 4) is 5.75 Å². The average molecular weight is 395 g/mol. The number of aryl methyl sites for hydroxylation is 2. The number of hydrogen-bond acceptors (Lipinski definition) is 3. The van der Waals surface area contributed by atoms with E-state index in [-0.39, 0.29) is 0 Å². The molecule has 2 aromatic carbocycles. The number of rotatable bonds is 7. The van der Waals surface area contributed by atoms with Crippen molar-refractivity contribution >= 4 is 34.4 Å². The van der Waals surface area contributed by atoms with Gasteiger partial charge in [0.25, 0.3) is 0 Å². The van der Waals surface area contributed by atoms with Gasteiger partial charge in [0, 0.05) is 29.7 Å². The van der Waals surface area contributed by atoms with Crippen LogP contribution in [0.15, 0.2) is 53.8 Å². The first-order chi connectivity index (χ1) is 13.6. The van der Waals surface area contributed by atoms with Crippen LogP contribution in [0.25, 0.3) is 10.9 Å². The van der Waals surface area contributed by atoms with Gasteiger partial charge in [0.15, 0.2) is 5.11 Å². The fraction of sp³-hybridized carbons (Fsp3) is 0.273. The second-order valence-electron chi connectivity index (χ2n) is 6.60. The summed E-state index contributed by atoms with van der Waals surface area (Å²) in [6.45, 7) is 5.62. The molecule has 0 aliphatic heterocycles. The van der Waals surface area contributed by atoms with Crippen LogP contribution in [0.3, 0.4) is 0 Å². The normalized spacial score (nSPS) is 11.1. The SMILES string of the molecule is CCc1cc(C)cc(OCCn2cc(C=NNC(=S)NC)c3ccccc32)c1. The van der Waals surface area contributed by atoms with E-state index >= 15 is 0 Å². The molecule has 0 amide bonds. The average Bonchev–Trinajstić information content (AvgIpc) is 3.05. The summed E-state index contributed by atoms with van der Waals surface area (Å²) in [4.78, 5) is 0. The maximum atomic E-state index is 6.03. The Hall–Kier alpha value is -2.86. The molecule has 1 aromatic heterocycles. The summed E-state index contributed by atoms with van der Waals surface area (Å²) < 4.78 is 8.22. The molecule has 0 bridgehead atoms. The molecule has 0 saturated carbocycles. The van der Waals surface area contributed by atoms with E-state index in [0.29, 0.717) is 11.7 Å². The molecule has 3 aromatic rings. The third-order valence-corrected chi connectivity index (χ3v) is 4.83. The molecule has 146 valence electrons. The van der Waals surface area contributed by atoms with Crippen LogP contribution in [0.4, 0.5) is 0 Å². The molecule has 0 atom stereocenters. The van der Waals surface area contributed by atoms with Crippen LogP contribution in [0.2, 0.25) is 0 Å². The monoisotopic (exact) mass is 394 g/mol. The predicted molar refractivity (Wildman–Crippen MR) is 120 cm³/mol. The van der Waals surface area contributed by atoms with E-state index in [9.17, 15) is 0 Å². The van der Waals surface area contributed by atoms with Gasteiger partial charge >= 0.3 is 0 Å². The molecule has 28 heavy (non-hydrogen) atoms. The highest BCUT2D eigenvalue weighted by Crippen LogP contribution is 2.21. The lowest BCUT2D eigenvalue weighted by atomic mass is 10.1. The number of hydrogen-bond donors (Lipinski definition) is 2. The number of ether oxygens (including phenoxy) is 1. The molecule has 0 aliphatic rings. The zero-order valence-electron chi connectivity index (χ0n) is 16.5. The van der Waals surface area contributed by atoms with Crippen LogP contribution in [0, 0.1) is 6.92 Å². The minimum atomic E-state index is 0.484. The maximum Gasteiger partial charge on any atom is 0.186 e. The number of hydrazone groups is 1. The Kier molecular flexibility index (Phi) is 6.66. The second kappa shape index (κ2) is 9.37. The molecule has 0 aliphatic carbocycles. The topological polar surface area (TPSA) is 50.6 Å². The van der Waals surface area contributed by atoms with Crippen molar-refractivity contribution < 1.29 is 4.74 Å². The first-order valence-electron chi connectivity index (χ1n) is 9.42. The van der Waals surface area contributed by atoms with Crippen LogP contribution in [0.5, 0.6) is 5.75 Å². The van der Waals surface area contributed by atoms with Crippen LogP contribution in [-0.2, 0) is 13.0 Å². The summed E-state index contributed by atoms with van der Waals surface area (Å²) in [6, 6.07) is 14.7. The van der Waals surface area contributed by atoms with Crippen LogP contribution >= 0.6 is 12.2 Å². The van der Waals surface area contributed by atoms with Gasteiger partial charge in [0.05, 0.1) is 12.8 Å². The summed E-state index contributed by atoms with van der Waals surface area (Å²) >= 11 is 5.04. The molecule has 0 fully saturated rings. The van der Waals surface area contributed by atoms with Gasteiger partial charge in [-0.25, -0.2) is 0 Å². The Morgan fingerprint density at radius 1 is 1.25 bits per heavy atom. The first kappa shape index (κ1) is 19.9. The van der Waals surface area contributed by atoms with E-state index in [4.69, 9.17) is 17.0 Å². The van der Waals surface area contributed by atoms with E-state index in [1.807, 2.05) is 12.1 Å². The fourth-order valence-corrected chi connectivity index (χ4v) is 3.21. The molecule has 3 rings (SSSR count). The number of aromatic nitrogens is 1. The molecule has 0 radical (unpaired) electrons. The van der Waals surface area contributed by atoms with Gasteiger partial charge < -0.3 is 14.6 Å². The quantitative estimate of drug-likeness (QED) is 0.361. The summed E-state index contributed by atoms with van der Waals surface area (Å²) in [5, 5.41) is 8.67. The predicted octanol–water partition coefficient (Wildman–Crippen LogP) is 4.02. The molecule has 6 heteroatoms. The van der Waals surface area contributed by atoms with Gasteiger partial charge in [-0.3, -0.25) is 5.43 Å². The van der Waals surface area contributed by atoms with Crippen molar-refractivity contribution in [2.24, 2.45) is 5.10 Å². The van der Waals surface area contributed by atoms with Gasteiger partial charge in [-0.05, 0) is 54.9 Å². The highest BCUT2D eigenvalue weighted by Gasteiger charge is 2.07. The number of nitrogens with zero attached hydrogens (tertiary/aromatic N) is 2. The van der Waals surface area contributed by atoms with Gasteiger partial charge in [-0.1, -0.05) is 31.2 Å². The van der Waals surface area contributed by atoms with Crippen molar-refractivity contribution in [2.45, 2.75) is 26.8 Å². The van der Waals surface area contributed by atoms with E-state index in [0.717, 1.165) is 35.2 Å². The van der Waals surface area contributed by atoms with Crippen molar-refractivity contribution in [1.82, 2.24) is 15.3 Å². The number of para-hydroxylation sites is 1. The Bertz CT molecular complexity index is 993. The van der Waals surface area contributed by atoms with Gasteiger partial charge in [-0.15, -0.1) is 0 Å². The zero-order valence-corrected chi connectivity index (χ0v) is 17.3. The summed E-state index contributed by atoms with van der Waals surface area (Å²) in [5.41, 5.74) is 7.51. The van der Waals surface area contributed by atoms with Crippen molar-refractivity contribution in [2.75, 3.05) is 13.7 Å². The molecule has 0 spiro atoms. The largest absolute Gasteiger partial charge is 0.492 e. The summed E-state index contributed by atoms with van der Waals surface area (Å²) in [7, 11) is 1.76. The lowest BCUT2D eigenvalue weighted by Crippen LogP contribution is -2.28. The molecule has 5 nitrogen and oxygen atoms in total. The van der Waals surface area contributed by atoms with Gasteiger partial charge in [0.2, 0.25) is 0 Å². The molecule has 0 saturated heterocycles. The number of benzene rings is 2. The molecular formula is C22H26N4OS. The number of thiocarbonyl (C=S) groups is 1. The third-order valence-electron chi connectivity index (χ3n) is 4.54. The van der Waals surface area contributed by atoms with Gasteiger partial charge in [-0.2, -0.15) is 5.10 Å². The lowest BCUT2D eigenvalue weighted by Gasteiger charge is -2.10. The van der Waals surface area contributed by atoms with Crippen molar-refractivity contribution in [3.05, 3.63) is 65.4 Å². The zero-order chi connectivity index (χ0) is 19.9. The van der Waals surface area contributed by atoms with E-state index in [1.165, 1.54) is 11.1 Å². The van der Waals surface area contributed by atoms with Crippen LogP contribution < -0.4 is 15.5 Å². The summed E-state index contributed by atoms with van der Waals surface area (Å²) in [5.74, 6) is 0.930. The highest BCUT2D eigenvalue weighted by atomic mass is 32.1. The van der Waals surface area contributed by atoms with E-state index < -0.39 is 0 Å². The minimum Gasteiger partial charge on any atom is -0.492 e. The van der Waals surface area contributed by atoms with Crippen LogP contribution in [-0.4, -0.2) is 29.5 Å². The smallest absolute Gasteiger partial charge is 0.186 e. The lowest BCUT2D eigenvalue weighted by molar-refractivity contribution is 0.300. The minimum absolute atomic E-state index is 0.484. The second-order valence-corrected chi connectivity index (χ2v) is 7.01. The number of nitrogens with one attached hydrogen (secondary N) is 2. The fourth-order valence-electron chi connectivity index (χ4n) is 3.15. The molecule has 1 heterocycles. The van der Waals surface area contributed by atoms with E-state index in [2.05, 4.69) is 70.8 Å². The molecular weight excluding hydrogens is 368 g/mol. The van der Waals surface area contributed by atoms with Crippen molar-refractivity contribution in [3.63, 3.8) is 0 Å². The Morgan fingerprint density at radius 2 is 2.07 bits per heavy atom. The maximum absolute atomic E-state index is 6.03. The highest BCUT2D eigenvalue weighted by molar-refractivity contribution is 7.80. The Labute approximate surface area is 171 Å².